The van der Waals surface area contributed by atoms with Crippen molar-refractivity contribution in [3.05, 3.63) is 42.2 Å². The Morgan fingerprint density at radius 1 is 1.44 bits per heavy atom. The number of aliphatic hydroxyl groups is 1. The minimum atomic E-state index is -0.264. The summed E-state index contributed by atoms with van der Waals surface area (Å²) in [5.41, 5.74) is 1.05. The highest BCUT2D eigenvalue weighted by atomic mass is 16.3. The summed E-state index contributed by atoms with van der Waals surface area (Å²) >= 11 is 0. The molecule has 0 saturated heterocycles. The molecule has 0 aromatic carbocycles. The summed E-state index contributed by atoms with van der Waals surface area (Å²) in [6.45, 7) is 0.905. The van der Waals surface area contributed by atoms with E-state index in [4.69, 9.17) is 0 Å². The second-order valence-corrected chi connectivity index (χ2v) is 5.17. The molecule has 0 spiro atoms. The fraction of sp³-hybridized carbons (Fsp3) is 0.500. The molecule has 1 fully saturated rings. The maximum Gasteiger partial charge on any atom is 0.110 e. The zero-order valence-electron chi connectivity index (χ0n) is 10.7. The molecular weight excluding hydrogens is 226 g/mol. The van der Waals surface area contributed by atoms with E-state index >= 15 is 0 Å². The molecule has 4 heteroatoms. The van der Waals surface area contributed by atoms with Gasteiger partial charge in [-0.2, -0.15) is 0 Å². The molecule has 0 bridgehead atoms. The largest absolute Gasteiger partial charge is 0.388 e. The fourth-order valence-corrected chi connectivity index (χ4v) is 2.32. The Labute approximate surface area is 107 Å². The number of aromatic nitrogens is 3. The lowest BCUT2D eigenvalue weighted by Gasteiger charge is -2.06. The Bertz CT molecular complexity index is 525. The number of hydrogen-bond acceptors (Lipinski definition) is 2. The van der Waals surface area contributed by atoms with Gasteiger partial charge in [-0.1, -0.05) is 0 Å². The second kappa shape index (κ2) is 4.61. The van der Waals surface area contributed by atoms with Gasteiger partial charge in [0.15, 0.2) is 0 Å². The molecule has 4 nitrogen and oxygen atoms in total. The second-order valence-electron chi connectivity index (χ2n) is 5.17. The van der Waals surface area contributed by atoms with E-state index < -0.39 is 0 Å². The van der Waals surface area contributed by atoms with Crippen molar-refractivity contribution in [3.8, 4) is 0 Å². The number of hydrogen-bond donors (Lipinski definition) is 1. The molecule has 0 amide bonds. The molecule has 1 saturated carbocycles. The van der Waals surface area contributed by atoms with E-state index in [-0.39, 0.29) is 6.10 Å². The van der Waals surface area contributed by atoms with E-state index in [9.17, 15) is 5.11 Å². The first-order valence-electron chi connectivity index (χ1n) is 6.54. The molecule has 1 unspecified atom stereocenters. The Morgan fingerprint density at radius 2 is 2.28 bits per heavy atom. The van der Waals surface area contributed by atoms with Gasteiger partial charge in [0.05, 0.1) is 6.10 Å². The molecule has 96 valence electrons. The monoisotopic (exact) mass is 245 g/mol. The summed E-state index contributed by atoms with van der Waals surface area (Å²) in [5, 5.41) is 10.0. The first-order valence-corrected chi connectivity index (χ1v) is 6.54. The van der Waals surface area contributed by atoms with Crippen molar-refractivity contribution in [1.82, 2.24) is 14.1 Å². The molecule has 2 aromatic heterocycles. The third-order valence-corrected chi connectivity index (χ3v) is 3.70. The Balaban J connectivity index is 1.61. The van der Waals surface area contributed by atoms with E-state index in [0.29, 0.717) is 5.92 Å². The van der Waals surface area contributed by atoms with Crippen LogP contribution in [0.1, 0.15) is 30.3 Å². The average molecular weight is 245 g/mol. The highest BCUT2D eigenvalue weighted by Gasteiger charge is 2.31. The molecule has 0 radical (unpaired) electrons. The Kier molecular flexibility index (Phi) is 2.96. The van der Waals surface area contributed by atoms with E-state index in [1.165, 1.54) is 12.8 Å². The standard InChI is InChI=1S/C14H19N3O/c1-16-9-6-15-13(16)5-8-17-7-4-12(10-17)14(18)11-2-3-11/h4,6-7,9-11,14,18H,2-3,5,8H2,1H3. The van der Waals surface area contributed by atoms with Crippen LogP contribution in [0.4, 0.5) is 0 Å². The van der Waals surface area contributed by atoms with Crippen molar-refractivity contribution < 1.29 is 5.11 Å². The maximum atomic E-state index is 10.0. The molecule has 1 N–H and O–H groups in total. The third kappa shape index (κ3) is 2.34. The van der Waals surface area contributed by atoms with Gasteiger partial charge >= 0.3 is 0 Å². The summed E-state index contributed by atoms with van der Waals surface area (Å²) in [7, 11) is 2.01. The first kappa shape index (κ1) is 11.5. The van der Waals surface area contributed by atoms with Crippen molar-refractivity contribution in [2.45, 2.75) is 31.9 Å². The molecular formula is C14H19N3O. The topological polar surface area (TPSA) is 43.0 Å². The number of rotatable bonds is 5. The SMILES string of the molecule is Cn1ccnc1CCn1ccc(C(O)C2CC2)c1. The fourth-order valence-electron chi connectivity index (χ4n) is 2.32. The van der Waals surface area contributed by atoms with Crippen LogP contribution in [-0.4, -0.2) is 19.2 Å². The Morgan fingerprint density at radius 3 is 2.94 bits per heavy atom. The van der Waals surface area contributed by atoms with Crippen LogP contribution in [0.5, 0.6) is 0 Å². The molecule has 1 atom stereocenters. The molecule has 18 heavy (non-hydrogen) atoms. The van der Waals surface area contributed by atoms with Gasteiger partial charge in [-0.05, 0) is 30.4 Å². The van der Waals surface area contributed by atoms with Crippen LogP contribution in [0.15, 0.2) is 30.9 Å². The van der Waals surface area contributed by atoms with Gasteiger partial charge in [0.2, 0.25) is 0 Å². The van der Waals surface area contributed by atoms with Crippen molar-refractivity contribution in [2.75, 3.05) is 0 Å². The molecule has 1 aliphatic rings. The quantitative estimate of drug-likeness (QED) is 0.874. The molecule has 2 aromatic rings. The number of imidazole rings is 1. The van der Waals surface area contributed by atoms with Gasteiger partial charge in [0.25, 0.3) is 0 Å². The highest BCUT2D eigenvalue weighted by Crippen LogP contribution is 2.40. The smallest absolute Gasteiger partial charge is 0.110 e. The van der Waals surface area contributed by atoms with Crippen molar-refractivity contribution in [2.24, 2.45) is 13.0 Å². The van der Waals surface area contributed by atoms with Gasteiger partial charge in [0.1, 0.15) is 5.82 Å². The van der Waals surface area contributed by atoms with Crippen molar-refractivity contribution in [1.29, 1.82) is 0 Å². The van der Waals surface area contributed by atoms with Crippen LogP contribution in [0, 0.1) is 5.92 Å². The summed E-state index contributed by atoms with van der Waals surface area (Å²) in [6.07, 6.45) is 10.9. The van der Waals surface area contributed by atoms with E-state index in [2.05, 4.69) is 15.7 Å². The predicted molar refractivity (Wildman–Crippen MR) is 69.0 cm³/mol. The molecule has 2 heterocycles. The summed E-state index contributed by atoms with van der Waals surface area (Å²) in [5.74, 6) is 1.59. The first-order chi connectivity index (χ1) is 8.74. The van der Waals surface area contributed by atoms with Crippen LogP contribution in [0.2, 0.25) is 0 Å². The van der Waals surface area contributed by atoms with Crippen LogP contribution in [-0.2, 0) is 20.0 Å². The summed E-state index contributed by atoms with van der Waals surface area (Å²) < 4.78 is 4.18. The molecule has 0 aliphatic heterocycles. The van der Waals surface area contributed by atoms with Gasteiger partial charge < -0.3 is 14.2 Å². The van der Waals surface area contributed by atoms with Crippen LogP contribution >= 0.6 is 0 Å². The lowest BCUT2D eigenvalue weighted by molar-refractivity contribution is 0.154. The van der Waals surface area contributed by atoms with E-state index in [1.54, 1.807) is 0 Å². The average Bonchev–Trinajstić information content (AvgIpc) is 2.97. The van der Waals surface area contributed by atoms with E-state index in [0.717, 1.165) is 24.4 Å². The van der Waals surface area contributed by atoms with Gasteiger partial charge in [-0.25, -0.2) is 4.98 Å². The minimum absolute atomic E-state index is 0.264. The number of nitrogens with zero attached hydrogens (tertiary/aromatic N) is 3. The Hall–Kier alpha value is -1.55. The minimum Gasteiger partial charge on any atom is -0.388 e. The summed E-state index contributed by atoms with van der Waals surface area (Å²) in [4.78, 5) is 4.31. The van der Waals surface area contributed by atoms with Crippen molar-refractivity contribution in [3.63, 3.8) is 0 Å². The lowest BCUT2D eigenvalue weighted by Crippen LogP contribution is -2.04. The lowest BCUT2D eigenvalue weighted by atomic mass is 10.1. The summed E-state index contributed by atoms with van der Waals surface area (Å²) in [6, 6.07) is 2.03. The number of aliphatic hydroxyl groups excluding tert-OH is 1. The zero-order chi connectivity index (χ0) is 12.5. The molecule has 1 aliphatic carbocycles. The van der Waals surface area contributed by atoms with Gasteiger partial charge in [0, 0.05) is 44.8 Å². The van der Waals surface area contributed by atoms with E-state index in [1.807, 2.05) is 36.3 Å². The normalized spacial score (nSPS) is 17.0. The third-order valence-electron chi connectivity index (χ3n) is 3.70. The zero-order valence-corrected chi connectivity index (χ0v) is 10.7. The maximum absolute atomic E-state index is 10.0. The molecule has 3 rings (SSSR count). The van der Waals surface area contributed by atoms with Gasteiger partial charge in [-0.15, -0.1) is 0 Å². The number of aryl methyl sites for hydroxylation is 3. The van der Waals surface area contributed by atoms with Crippen LogP contribution in [0.3, 0.4) is 0 Å². The predicted octanol–water partition coefficient (Wildman–Crippen LogP) is 1.91. The van der Waals surface area contributed by atoms with Crippen molar-refractivity contribution >= 4 is 0 Å². The van der Waals surface area contributed by atoms with Gasteiger partial charge in [-0.3, -0.25) is 0 Å². The highest BCUT2D eigenvalue weighted by molar-refractivity contribution is 5.16. The van der Waals surface area contributed by atoms with Crippen LogP contribution in [0.25, 0.3) is 0 Å². The van der Waals surface area contributed by atoms with Crippen LogP contribution < -0.4 is 0 Å².